The minimum absolute atomic E-state index is 0.00706. The smallest absolute Gasteiger partial charge is 0.251 e. The summed E-state index contributed by atoms with van der Waals surface area (Å²) in [5.41, 5.74) is 2.13. The van der Waals surface area contributed by atoms with Crippen LogP contribution in [0.4, 0.5) is 4.39 Å². The second kappa shape index (κ2) is 9.65. The van der Waals surface area contributed by atoms with Crippen LogP contribution < -0.4 is 15.4 Å². The summed E-state index contributed by atoms with van der Waals surface area (Å²) < 4.78 is 18.9. The molecule has 1 aliphatic heterocycles. The molecule has 2 heterocycles. The number of nitrogens with one attached hydrogen (secondary N) is 2. The molecule has 1 spiro atoms. The van der Waals surface area contributed by atoms with Crippen molar-refractivity contribution in [1.29, 1.82) is 0 Å². The summed E-state index contributed by atoms with van der Waals surface area (Å²) in [6.07, 6.45) is 7.88. The Morgan fingerprint density at radius 3 is 2.81 bits per heavy atom. The molecular weight excluding hydrogens is 397 g/mol. The zero-order chi connectivity index (χ0) is 22.6. The van der Waals surface area contributed by atoms with Gasteiger partial charge in [-0.25, -0.2) is 9.37 Å². The van der Waals surface area contributed by atoms with Crippen molar-refractivity contribution in [3.63, 3.8) is 0 Å². The Morgan fingerprint density at radius 2 is 2.23 bits per heavy atom. The third-order valence-corrected chi connectivity index (χ3v) is 6.13. The number of aliphatic hydroxyl groups is 1. The van der Waals surface area contributed by atoms with E-state index in [1.165, 1.54) is 0 Å². The van der Waals surface area contributed by atoms with Gasteiger partial charge in [0.15, 0.2) is 6.67 Å². The molecule has 1 amide bonds. The highest BCUT2D eigenvalue weighted by molar-refractivity contribution is 5.77. The van der Waals surface area contributed by atoms with Crippen LogP contribution in [0.3, 0.4) is 0 Å². The molecule has 1 aromatic heterocycles. The Morgan fingerprint density at radius 1 is 1.48 bits per heavy atom. The molecular formula is C24H36FN3O3. The number of alkyl halides is 1. The number of carbonyl (C=O) groups is 1. The van der Waals surface area contributed by atoms with E-state index < -0.39 is 24.7 Å². The fraction of sp³-hybridized carbons (Fsp3) is 0.667. The van der Waals surface area contributed by atoms with Gasteiger partial charge in [-0.2, -0.15) is 0 Å². The van der Waals surface area contributed by atoms with Gasteiger partial charge in [0, 0.05) is 30.8 Å². The number of hydrogen-bond acceptors (Lipinski definition) is 5. The van der Waals surface area contributed by atoms with Crippen LogP contribution in [0, 0.1) is 5.41 Å². The molecule has 1 aliphatic carbocycles. The Kier molecular flexibility index (Phi) is 7.37. The molecule has 1 saturated carbocycles. The quantitative estimate of drug-likeness (QED) is 0.520. The number of aliphatic hydroxyl groups excluding tert-OH is 1. The fourth-order valence-electron chi connectivity index (χ4n) is 4.49. The summed E-state index contributed by atoms with van der Waals surface area (Å²) in [5.74, 6) is -0.0595. The van der Waals surface area contributed by atoms with Crippen molar-refractivity contribution in [3.05, 3.63) is 36.0 Å². The van der Waals surface area contributed by atoms with E-state index in [0.29, 0.717) is 12.3 Å². The predicted molar refractivity (Wildman–Crippen MR) is 119 cm³/mol. The average Bonchev–Trinajstić information content (AvgIpc) is 2.68. The van der Waals surface area contributed by atoms with Gasteiger partial charge in [0.05, 0.1) is 12.1 Å². The zero-order valence-electron chi connectivity index (χ0n) is 18.9. The maximum Gasteiger partial charge on any atom is 0.251 e. The van der Waals surface area contributed by atoms with Crippen LogP contribution in [0.2, 0.25) is 0 Å². The molecule has 1 aromatic rings. The van der Waals surface area contributed by atoms with Crippen molar-refractivity contribution in [1.82, 2.24) is 15.6 Å². The Balaban J connectivity index is 1.75. The lowest BCUT2D eigenvalue weighted by atomic mass is 9.73. The molecule has 7 heteroatoms. The molecule has 3 N–H and O–H groups in total. The standard InChI is InChI=1S/C24H36FN3O3/c1-5-7-18(28-21(30)13-25)20(29)15-26-19-12-24(8-6-9-24)31-22-17(19)10-16(14-27-22)11-23(2,3)4/h5,10,14,18-20,26,29H,1,6-9,11-13,15H2,2-4H3,(H,28,30)/t18-,19-,20+/m0/s1. The second-order valence-electron chi connectivity index (χ2n) is 10.2. The molecule has 0 unspecified atom stereocenters. The van der Waals surface area contributed by atoms with Crippen LogP contribution in [0.25, 0.3) is 0 Å². The Bertz CT molecular complexity index is 789. The molecule has 2 aliphatic rings. The van der Waals surface area contributed by atoms with Gasteiger partial charge < -0.3 is 20.5 Å². The van der Waals surface area contributed by atoms with Gasteiger partial charge in [0.2, 0.25) is 5.88 Å². The van der Waals surface area contributed by atoms with Gasteiger partial charge in [-0.05, 0) is 49.1 Å². The van der Waals surface area contributed by atoms with Crippen molar-refractivity contribution in [2.45, 2.75) is 83.1 Å². The minimum Gasteiger partial charge on any atom is -0.471 e. The minimum atomic E-state index is -1.11. The summed E-state index contributed by atoms with van der Waals surface area (Å²) in [7, 11) is 0. The van der Waals surface area contributed by atoms with Crippen molar-refractivity contribution in [3.8, 4) is 5.88 Å². The van der Waals surface area contributed by atoms with Crippen LogP contribution in [0.1, 0.15) is 70.0 Å². The Hall–Kier alpha value is -1.99. The summed E-state index contributed by atoms with van der Waals surface area (Å²) in [4.78, 5) is 16.1. The highest BCUT2D eigenvalue weighted by Gasteiger charge is 2.46. The van der Waals surface area contributed by atoms with E-state index in [-0.39, 0.29) is 23.6 Å². The molecule has 0 aromatic carbocycles. The van der Waals surface area contributed by atoms with Crippen molar-refractivity contribution in [2.75, 3.05) is 13.2 Å². The molecule has 3 rings (SSSR count). The molecule has 0 bridgehead atoms. The molecule has 0 radical (unpaired) electrons. The lowest BCUT2D eigenvalue weighted by Crippen LogP contribution is -2.52. The van der Waals surface area contributed by atoms with E-state index >= 15 is 0 Å². The first-order valence-electron chi connectivity index (χ1n) is 11.2. The van der Waals surface area contributed by atoms with Crippen LogP contribution in [-0.4, -0.2) is 47.0 Å². The highest BCUT2D eigenvalue weighted by atomic mass is 19.1. The topological polar surface area (TPSA) is 83.5 Å². The maximum atomic E-state index is 12.6. The van der Waals surface area contributed by atoms with E-state index in [1.54, 1.807) is 6.08 Å². The molecule has 0 saturated heterocycles. The van der Waals surface area contributed by atoms with Gasteiger partial charge in [0.25, 0.3) is 5.91 Å². The molecule has 6 nitrogen and oxygen atoms in total. The zero-order valence-corrected chi connectivity index (χ0v) is 18.9. The summed E-state index contributed by atoms with van der Waals surface area (Å²) in [6, 6.07) is 1.57. The lowest BCUT2D eigenvalue weighted by Gasteiger charge is -2.47. The number of aromatic nitrogens is 1. The average molecular weight is 434 g/mol. The van der Waals surface area contributed by atoms with Gasteiger partial charge in [-0.3, -0.25) is 4.79 Å². The number of nitrogens with zero attached hydrogens (tertiary/aromatic N) is 1. The SMILES string of the molecule is C=CC[C@H](NC(=O)CF)[C@H](O)CN[C@H]1CC2(CCC2)Oc2ncc(CC(C)(C)C)cc21. The molecule has 1 fully saturated rings. The first-order chi connectivity index (χ1) is 14.6. The van der Waals surface area contributed by atoms with E-state index in [1.807, 2.05) is 6.20 Å². The normalized spacial score (nSPS) is 21.4. The second-order valence-corrected chi connectivity index (χ2v) is 10.2. The number of ether oxygens (including phenoxy) is 1. The number of halogens is 1. The van der Waals surface area contributed by atoms with E-state index in [0.717, 1.165) is 43.2 Å². The number of fused-ring (bicyclic) bond motifs is 1. The van der Waals surface area contributed by atoms with Crippen LogP contribution in [-0.2, 0) is 11.2 Å². The molecule has 31 heavy (non-hydrogen) atoms. The monoisotopic (exact) mass is 433 g/mol. The van der Waals surface area contributed by atoms with E-state index in [9.17, 15) is 14.3 Å². The predicted octanol–water partition coefficient (Wildman–Crippen LogP) is 3.40. The van der Waals surface area contributed by atoms with E-state index in [4.69, 9.17) is 4.74 Å². The van der Waals surface area contributed by atoms with Crippen LogP contribution in [0.5, 0.6) is 5.88 Å². The maximum absolute atomic E-state index is 12.6. The third kappa shape index (κ3) is 6.04. The van der Waals surface area contributed by atoms with Crippen LogP contribution >= 0.6 is 0 Å². The van der Waals surface area contributed by atoms with Gasteiger partial charge in [0.1, 0.15) is 5.60 Å². The fourth-order valence-corrected chi connectivity index (χ4v) is 4.49. The van der Waals surface area contributed by atoms with E-state index in [2.05, 4.69) is 49.0 Å². The van der Waals surface area contributed by atoms with Gasteiger partial charge in [-0.15, -0.1) is 6.58 Å². The van der Waals surface area contributed by atoms with Crippen molar-refractivity contribution < 1.29 is 19.0 Å². The number of carbonyl (C=O) groups excluding carboxylic acids is 1. The van der Waals surface area contributed by atoms with Gasteiger partial charge in [-0.1, -0.05) is 26.8 Å². The molecule has 3 atom stereocenters. The lowest BCUT2D eigenvalue weighted by molar-refractivity contribution is -0.123. The van der Waals surface area contributed by atoms with Crippen LogP contribution in [0.15, 0.2) is 24.9 Å². The first-order valence-corrected chi connectivity index (χ1v) is 11.2. The summed E-state index contributed by atoms with van der Waals surface area (Å²) in [6.45, 7) is 9.42. The first kappa shape index (κ1) is 23.7. The number of rotatable bonds is 9. The third-order valence-electron chi connectivity index (χ3n) is 6.13. The van der Waals surface area contributed by atoms with Crippen molar-refractivity contribution >= 4 is 5.91 Å². The number of amides is 1. The molecule has 172 valence electrons. The highest BCUT2D eigenvalue weighted by Crippen LogP contribution is 2.48. The number of pyridine rings is 1. The van der Waals surface area contributed by atoms with Gasteiger partial charge >= 0.3 is 0 Å². The Labute approximate surface area is 184 Å². The largest absolute Gasteiger partial charge is 0.471 e. The van der Waals surface area contributed by atoms with Crippen molar-refractivity contribution in [2.24, 2.45) is 5.41 Å². The number of hydrogen-bond donors (Lipinski definition) is 3. The summed E-state index contributed by atoms with van der Waals surface area (Å²) in [5, 5.41) is 16.7. The summed E-state index contributed by atoms with van der Waals surface area (Å²) >= 11 is 0.